The molecule has 0 atom stereocenters. The molecule has 82 valence electrons. The number of para-hydroxylation sites is 1. The molecule has 0 aliphatic carbocycles. The molecule has 0 aliphatic rings. The van der Waals surface area contributed by atoms with Crippen molar-refractivity contribution in [2.24, 2.45) is 0 Å². The standard InChI is InChI=1S/C14H13ClO/c1-10-5-3-4-6-13(10)16-14-8-7-12(15)9-11(14)2/h3-9H,1-2H3. The molecule has 0 aromatic heterocycles. The van der Waals surface area contributed by atoms with Crippen molar-refractivity contribution >= 4 is 11.6 Å². The average Bonchev–Trinajstić information content (AvgIpc) is 2.25. The second kappa shape index (κ2) is 4.58. The van der Waals surface area contributed by atoms with Crippen LogP contribution >= 0.6 is 11.6 Å². The smallest absolute Gasteiger partial charge is 0.130 e. The Kier molecular flexibility index (Phi) is 3.16. The molecule has 0 unspecified atom stereocenters. The number of rotatable bonds is 2. The van der Waals surface area contributed by atoms with Crippen LogP contribution in [0.3, 0.4) is 0 Å². The van der Waals surface area contributed by atoms with Gasteiger partial charge < -0.3 is 4.74 Å². The monoisotopic (exact) mass is 232 g/mol. The summed E-state index contributed by atoms with van der Waals surface area (Å²) in [5, 5.41) is 0.731. The van der Waals surface area contributed by atoms with E-state index < -0.39 is 0 Å². The van der Waals surface area contributed by atoms with E-state index in [1.807, 2.05) is 56.3 Å². The molecular weight excluding hydrogens is 220 g/mol. The van der Waals surface area contributed by atoms with Crippen LogP contribution in [0.1, 0.15) is 11.1 Å². The van der Waals surface area contributed by atoms with Gasteiger partial charge in [0.1, 0.15) is 11.5 Å². The van der Waals surface area contributed by atoms with Crippen LogP contribution in [0.25, 0.3) is 0 Å². The molecule has 2 aromatic carbocycles. The number of hydrogen-bond acceptors (Lipinski definition) is 1. The molecule has 0 spiro atoms. The Morgan fingerprint density at radius 2 is 1.56 bits per heavy atom. The summed E-state index contributed by atoms with van der Waals surface area (Å²) in [6.45, 7) is 4.01. The molecule has 0 fully saturated rings. The zero-order valence-corrected chi connectivity index (χ0v) is 10.1. The van der Waals surface area contributed by atoms with Gasteiger partial charge in [-0.15, -0.1) is 0 Å². The third-order valence-electron chi connectivity index (χ3n) is 2.45. The van der Waals surface area contributed by atoms with Gasteiger partial charge in [-0.25, -0.2) is 0 Å². The molecule has 0 N–H and O–H groups in total. The summed E-state index contributed by atoms with van der Waals surface area (Å²) < 4.78 is 5.84. The predicted octanol–water partition coefficient (Wildman–Crippen LogP) is 4.75. The minimum atomic E-state index is 0.731. The van der Waals surface area contributed by atoms with Crippen LogP contribution in [-0.4, -0.2) is 0 Å². The van der Waals surface area contributed by atoms with Gasteiger partial charge in [0.05, 0.1) is 0 Å². The molecular formula is C14H13ClO. The molecule has 2 aromatic rings. The Labute approximate surface area is 101 Å². The number of ether oxygens (including phenoxy) is 1. The van der Waals surface area contributed by atoms with Gasteiger partial charge in [-0.3, -0.25) is 0 Å². The van der Waals surface area contributed by atoms with Gasteiger partial charge in [-0.2, -0.15) is 0 Å². The van der Waals surface area contributed by atoms with Crippen molar-refractivity contribution in [3.8, 4) is 11.5 Å². The molecule has 2 heteroatoms. The molecule has 0 aliphatic heterocycles. The van der Waals surface area contributed by atoms with Crippen molar-refractivity contribution in [1.82, 2.24) is 0 Å². The van der Waals surface area contributed by atoms with E-state index in [-0.39, 0.29) is 0 Å². The lowest BCUT2D eigenvalue weighted by atomic mass is 10.2. The van der Waals surface area contributed by atoms with E-state index >= 15 is 0 Å². The fourth-order valence-corrected chi connectivity index (χ4v) is 1.74. The largest absolute Gasteiger partial charge is 0.457 e. The van der Waals surface area contributed by atoms with Crippen molar-refractivity contribution in [3.05, 3.63) is 58.6 Å². The van der Waals surface area contributed by atoms with Crippen molar-refractivity contribution in [2.75, 3.05) is 0 Å². The average molecular weight is 233 g/mol. The van der Waals surface area contributed by atoms with E-state index in [1.165, 1.54) is 0 Å². The Morgan fingerprint density at radius 1 is 0.875 bits per heavy atom. The maximum Gasteiger partial charge on any atom is 0.130 e. The lowest BCUT2D eigenvalue weighted by Crippen LogP contribution is -1.89. The highest BCUT2D eigenvalue weighted by molar-refractivity contribution is 6.30. The highest BCUT2D eigenvalue weighted by Gasteiger charge is 2.03. The van der Waals surface area contributed by atoms with Gasteiger partial charge >= 0.3 is 0 Å². The van der Waals surface area contributed by atoms with Crippen LogP contribution in [0.2, 0.25) is 5.02 Å². The van der Waals surface area contributed by atoms with Gasteiger partial charge in [-0.1, -0.05) is 29.8 Å². The van der Waals surface area contributed by atoms with E-state index in [1.54, 1.807) is 0 Å². The summed E-state index contributed by atoms with van der Waals surface area (Å²) in [4.78, 5) is 0. The van der Waals surface area contributed by atoms with Gasteiger partial charge in [0.2, 0.25) is 0 Å². The Morgan fingerprint density at radius 3 is 2.25 bits per heavy atom. The van der Waals surface area contributed by atoms with E-state index in [0.29, 0.717) is 0 Å². The first kappa shape index (κ1) is 11.0. The van der Waals surface area contributed by atoms with Crippen LogP contribution in [0.15, 0.2) is 42.5 Å². The van der Waals surface area contributed by atoms with Crippen LogP contribution in [0.5, 0.6) is 11.5 Å². The summed E-state index contributed by atoms with van der Waals surface area (Å²) in [6.07, 6.45) is 0. The van der Waals surface area contributed by atoms with E-state index in [4.69, 9.17) is 16.3 Å². The summed E-state index contributed by atoms with van der Waals surface area (Å²) >= 11 is 5.90. The van der Waals surface area contributed by atoms with Crippen molar-refractivity contribution < 1.29 is 4.74 Å². The zero-order chi connectivity index (χ0) is 11.5. The number of hydrogen-bond donors (Lipinski definition) is 0. The third kappa shape index (κ3) is 2.37. The van der Waals surface area contributed by atoms with Gasteiger partial charge in [-0.05, 0) is 49.2 Å². The molecule has 2 rings (SSSR count). The second-order valence-electron chi connectivity index (χ2n) is 3.78. The lowest BCUT2D eigenvalue weighted by molar-refractivity contribution is 0.475. The summed E-state index contributed by atoms with van der Waals surface area (Å²) in [5.41, 5.74) is 2.16. The minimum Gasteiger partial charge on any atom is -0.457 e. The van der Waals surface area contributed by atoms with Crippen molar-refractivity contribution in [3.63, 3.8) is 0 Å². The SMILES string of the molecule is Cc1ccccc1Oc1ccc(Cl)cc1C. The highest BCUT2D eigenvalue weighted by atomic mass is 35.5. The Bertz CT molecular complexity index is 506. The molecule has 16 heavy (non-hydrogen) atoms. The number of benzene rings is 2. The topological polar surface area (TPSA) is 9.23 Å². The molecule has 0 bridgehead atoms. The van der Waals surface area contributed by atoms with Crippen LogP contribution < -0.4 is 4.74 Å². The Balaban J connectivity index is 2.31. The van der Waals surface area contributed by atoms with E-state index in [9.17, 15) is 0 Å². The van der Waals surface area contributed by atoms with Crippen molar-refractivity contribution in [2.45, 2.75) is 13.8 Å². The molecule has 0 heterocycles. The number of aryl methyl sites for hydroxylation is 2. The third-order valence-corrected chi connectivity index (χ3v) is 2.69. The van der Waals surface area contributed by atoms with Crippen LogP contribution in [-0.2, 0) is 0 Å². The molecule has 1 nitrogen and oxygen atoms in total. The predicted molar refractivity (Wildman–Crippen MR) is 67.4 cm³/mol. The van der Waals surface area contributed by atoms with Gasteiger partial charge in [0.25, 0.3) is 0 Å². The molecule has 0 saturated carbocycles. The van der Waals surface area contributed by atoms with Crippen LogP contribution in [0.4, 0.5) is 0 Å². The number of halogens is 1. The Hall–Kier alpha value is -1.47. The first-order valence-corrected chi connectivity index (χ1v) is 5.54. The normalized spacial score (nSPS) is 10.2. The molecule has 0 radical (unpaired) electrons. The van der Waals surface area contributed by atoms with E-state index in [0.717, 1.165) is 27.6 Å². The van der Waals surface area contributed by atoms with Crippen molar-refractivity contribution in [1.29, 1.82) is 0 Å². The highest BCUT2D eigenvalue weighted by Crippen LogP contribution is 2.28. The maximum atomic E-state index is 5.90. The second-order valence-corrected chi connectivity index (χ2v) is 4.21. The van der Waals surface area contributed by atoms with E-state index in [2.05, 4.69) is 0 Å². The maximum absolute atomic E-state index is 5.90. The molecule has 0 saturated heterocycles. The van der Waals surface area contributed by atoms with Gasteiger partial charge in [0.15, 0.2) is 0 Å². The minimum absolute atomic E-state index is 0.731. The summed E-state index contributed by atoms with van der Waals surface area (Å²) in [6, 6.07) is 13.6. The summed E-state index contributed by atoms with van der Waals surface area (Å²) in [7, 11) is 0. The fraction of sp³-hybridized carbons (Fsp3) is 0.143. The lowest BCUT2D eigenvalue weighted by Gasteiger charge is -2.10. The fourth-order valence-electron chi connectivity index (χ4n) is 1.52. The van der Waals surface area contributed by atoms with Crippen LogP contribution in [0, 0.1) is 13.8 Å². The van der Waals surface area contributed by atoms with Gasteiger partial charge in [0, 0.05) is 5.02 Å². The molecule has 0 amide bonds. The summed E-state index contributed by atoms with van der Waals surface area (Å²) in [5.74, 6) is 1.73. The zero-order valence-electron chi connectivity index (χ0n) is 9.33. The first-order chi connectivity index (χ1) is 7.66. The first-order valence-electron chi connectivity index (χ1n) is 5.16. The quantitative estimate of drug-likeness (QED) is 0.726.